The number of ether oxygens (including phenoxy) is 2. The van der Waals surface area contributed by atoms with Crippen molar-refractivity contribution in [2.75, 3.05) is 38.3 Å². The van der Waals surface area contributed by atoms with Gasteiger partial charge in [0.15, 0.2) is 5.41 Å². The predicted octanol–water partition coefficient (Wildman–Crippen LogP) is 2.67. The number of anilines is 1. The van der Waals surface area contributed by atoms with Crippen molar-refractivity contribution in [2.45, 2.75) is 24.7 Å². The van der Waals surface area contributed by atoms with Crippen LogP contribution in [0.3, 0.4) is 0 Å². The monoisotopic (exact) mass is 440 g/mol. The molecular formula is C24H25FN2O5. The van der Waals surface area contributed by atoms with Crippen molar-refractivity contribution in [3.05, 3.63) is 59.9 Å². The largest absolute Gasteiger partial charge is 0.494 e. The molecule has 2 aliphatic heterocycles. The molecule has 1 spiro atoms. The van der Waals surface area contributed by atoms with Crippen LogP contribution in [-0.2, 0) is 24.5 Å². The Labute approximate surface area is 185 Å². The Kier molecular flexibility index (Phi) is 6.23. The van der Waals surface area contributed by atoms with Crippen LogP contribution in [-0.4, -0.2) is 56.0 Å². The van der Waals surface area contributed by atoms with Gasteiger partial charge in [0.2, 0.25) is 17.7 Å². The van der Waals surface area contributed by atoms with E-state index < -0.39 is 29.0 Å². The molecular weight excluding hydrogens is 415 g/mol. The van der Waals surface area contributed by atoms with Crippen molar-refractivity contribution in [1.82, 2.24) is 4.90 Å². The van der Waals surface area contributed by atoms with Crippen molar-refractivity contribution in [3.8, 4) is 5.75 Å². The Bertz CT molecular complexity index is 1030. The van der Waals surface area contributed by atoms with Crippen LogP contribution in [0.15, 0.2) is 48.5 Å². The number of unbranched alkanes of at least 4 members (excludes halogenated alkanes) is 1. The first-order chi connectivity index (χ1) is 15.5. The fourth-order valence-corrected chi connectivity index (χ4v) is 4.37. The van der Waals surface area contributed by atoms with Crippen molar-refractivity contribution in [1.29, 1.82) is 0 Å². The van der Waals surface area contributed by atoms with Crippen LogP contribution in [0.1, 0.15) is 24.8 Å². The van der Waals surface area contributed by atoms with E-state index in [4.69, 9.17) is 9.47 Å². The number of benzene rings is 2. The maximum absolute atomic E-state index is 14.1. The molecule has 2 heterocycles. The number of carbonyl (C=O) groups excluding carboxylic acids is 3. The van der Waals surface area contributed by atoms with Gasteiger partial charge in [-0.05, 0) is 43.2 Å². The van der Waals surface area contributed by atoms with Crippen LogP contribution < -0.4 is 9.64 Å². The number of rotatable bonds is 9. The van der Waals surface area contributed by atoms with Gasteiger partial charge in [0.1, 0.15) is 11.6 Å². The number of imide groups is 1. The molecule has 0 radical (unpaired) electrons. The molecule has 1 unspecified atom stereocenters. The van der Waals surface area contributed by atoms with Gasteiger partial charge in [0, 0.05) is 24.9 Å². The number of methoxy groups -OCH3 is 1. The smallest absolute Gasteiger partial charge is 0.250 e. The molecule has 2 aromatic rings. The van der Waals surface area contributed by atoms with Gasteiger partial charge in [-0.3, -0.25) is 19.3 Å². The zero-order valence-corrected chi connectivity index (χ0v) is 17.9. The van der Waals surface area contributed by atoms with Crippen LogP contribution in [0.25, 0.3) is 0 Å². The van der Waals surface area contributed by atoms with E-state index >= 15 is 0 Å². The summed E-state index contributed by atoms with van der Waals surface area (Å²) in [6.45, 7) is 1.06. The van der Waals surface area contributed by atoms with Crippen molar-refractivity contribution in [3.63, 3.8) is 0 Å². The summed E-state index contributed by atoms with van der Waals surface area (Å²) >= 11 is 0. The summed E-state index contributed by atoms with van der Waals surface area (Å²) in [5, 5.41) is 0. The summed E-state index contributed by atoms with van der Waals surface area (Å²) in [5.74, 6) is -1.30. The van der Waals surface area contributed by atoms with Crippen molar-refractivity contribution in [2.24, 2.45) is 0 Å². The van der Waals surface area contributed by atoms with Crippen LogP contribution >= 0.6 is 0 Å². The van der Waals surface area contributed by atoms with Gasteiger partial charge in [-0.25, -0.2) is 4.39 Å². The highest BCUT2D eigenvalue weighted by Gasteiger charge is 2.63. The third-order valence-electron chi connectivity index (χ3n) is 5.95. The second-order valence-electron chi connectivity index (χ2n) is 7.91. The minimum atomic E-state index is -1.69. The zero-order valence-electron chi connectivity index (χ0n) is 17.9. The Morgan fingerprint density at radius 2 is 1.69 bits per heavy atom. The summed E-state index contributed by atoms with van der Waals surface area (Å²) in [4.78, 5) is 41.9. The number of fused-ring (bicyclic) bond motifs is 2. The molecule has 8 heteroatoms. The number of para-hydroxylation sites is 1. The van der Waals surface area contributed by atoms with Crippen LogP contribution in [0.4, 0.5) is 10.1 Å². The molecule has 0 bridgehead atoms. The zero-order chi connectivity index (χ0) is 22.7. The van der Waals surface area contributed by atoms with E-state index in [0.29, 0.717) is 31.7 Å². The molecule has 0 saturated carbocycles. The lowest BCUT2D eigenvalue weighted by molar-refractivity contribution is -0.142. The molecule has 32 heavy (non-hydrogen) atoms. The number of halogens is 1. The first-order valence-corrected chi connectivity index (χ1v) is 10.6. The molecule has 2 aliphatic rings. The third kappa shape index (κ3) is 3.75. The van der Waals surface area contributed by atoms with Crippen molar-refractivity contribution >= 4 is 23.4 Å². The molecule has 1 fully saturated rings. The average molecular weight is 440 g/mol. The van der Waals surface area contributed by atoms with E-state index in [1.54, 1.807) is 0 Å². The Morgan fingerprint density at radius 3 is 2.44 bits per heavy atom. The molecule has 3 amide bonds. The summed E-state index contributed by atoms with van der Waals surface area (Å²) < 4.78 is 24.8. The molecule has 0 N–H and O–H groups in total. The molecule has 4 rings (SSSR count). The van der Waals surface area contributed by atoms with E-state index in [0.717, 1.165) is 10.6 Å². The van der Waals surface area contributed by atoms with E-state index in [-0.39, 0.29) is 25.1 Å². The van der Waals surface area contributed by atoms with Gasteiger partial charge in [-0.1, -0.05) is 18.2 Å². The van der Waals surface area contributed by atoms with E-state index in [2.05, 4.69) is 0 Å². The van der Waals surface area contributed by atoms with Gasteiger partial charge < -0.3 is 14.4 Å². The molecule has 7 nitrogen and oxygen atoms in total. The normalized spacial score (nSPS) is 19.9. The number of hydrogen-bond donors (Lipinski definition) is 0. The second kappa shape index (κ2) is 9.08. The molecule has 168 valence electrons. The van der Waals surface area contributed by atoms with E-state index in [1.807, 2.05) is 30.3 Å². The number of likely N-dealkylation sites (tertiary alicyclic amines) is 1. The van der Waals surface area contributed by atoms with Gasteiger partial charge in [-0.2, -0.15) is 0 Å². The summed E-state index contributed by atoms with van der Waals surface area (Å²) in [5.41, 5.74) is -0.945. The van der Waals surface area contributed by atoms with Gasteiger partial charge in [0.25, 0.3) is 0 Å². The fourth-order valence-electron chi connectivity index (χ4n) is 4.37. The highest BCUT2D eigenvalue weighted by atomic mass is 19.1. The fraction of sp³-hybridized carbons (Fsp3) is 0.375. The van der Waals surface area contributed by atoms with E-state index in [1.165, 1.54) is 30.2 Å². The topological polar surface area (TPSA) is 76.2 Å². The minimum absolute atomic E-state index is 0.0602. The summed E-state index contributed by atoms with van der Waals surface area (Å²) in [6, 6.07) is 13.4. The number of nitrogens with zero attached hydrogens (tertiary/aromatic N) is 2. The lowest BCUT2D eigenvalue weighted by Gasteiger charge is -2.22. The highest BCUT2D eigenvalue weighted by Crippen LogP contribution is 2.48. The van der Waals surface area contributed by atoms with Gasteiger partial charge in [0.05, 0.1) is 26.2 Å². The molecule has 0 aromatic heterocycles. The van der Waals surface area contributed by atoms with Gasteiger partial charge >= 0.3 is 0 Å². The van der Waals surface area contributed by atoms with Crippen LogP contribution in [0, 0.1) is 5.82 Å². The Balaban J connectivity index is 1.50. The first kappa shape index (κ1) is 22.0. The summed E-state index contributed by atoms with van der Waals surface area (Å²) in [6.07, 6.45) is 1.02. The number of carbonyl (C=O) groups is 3. The lowest BCUT2D eigenvalue weighted by Crippen LogP contribution is -2.47. The third-order valence-corrected chi connectivity index (χ3v) is 5.95. The number of hydrogen-bond acceptors (Lipinski definition) is 5. The lowest BCUT2D eigenvalue weighted by atomic mass is 9.80. The molecule has 0 aliphatic carbocycles. The Morgan fingerprint density at radius 1 is 0.938 bits per heavy atom. The SMILES string of the molecule is COCCN1C(=O)CC2(C1=O)C(=O)N(CCCCOc1ccccc1)c1ccc(F)cc12. The molecule has 2 aromatic carbocycles. The van der Waals surface area contributed by atoms with Crippen LogP contribution in [0.5, 0.6) is 5.75 Å². The molecule has 1 saturated heterocycles. The average Bonchev–Trinajstić information content (AvgIpc) is 3.18. The Hall–Kier alpha value is -3.26. The van der Waals surface area contributed by atoms with Gasteiger partial charge in [-0.15, -0.1) is 0 Å². The quantitative estimate of drug-likeness (QED) is 0.341. The molecule has 1 atom stereocenters. The maximum Gasteiger partial charge on any atom is 0.250 e. The van der Waals surface area contributed by atoms with E-state index in [9.17, 15) is 18.8 Å². The number of amides is 3. The van der Waals surface area contributed by atoms with Crippen LogP contribution in [0.2, 0.25) is 0 Å². The minimum Gasteiger partial charge on any atom is -0.494 e. The highest BCUT2D eigenvalue weighted by molar-refractivity contribution is 6.28. The second-order valence-corrected chi connectivity index (χ2v) is 7.91. The predicted molar refractivity (Wildman–Crippen MR) is 115 cm³/mol. The first-order valence-electron chi connectivity index (χ1n) is 10.6. The summed E-state index contributed by atoms with van der Waals surface area (Å²) in [7, 11) is 1.47. The maximum atomic E-state index is 14.1. The van der Waals surface area contributed by atoms with Crippen molar-refractivity contribution < 1.29 is 28.2 Å². The standard InChI is InChI=1S/C24H25FN2O5/c1-31-14-12-27-21(28)16-24(23(27)30)19-15-17(25)9-10-20(19)26(22(24)29)11-5-6-13-32-18-7-3-2-4-8-18/h2-4,7-10,15H,5-6,11-14,16H2,1H3.